The van der Waals surface area contributed by atoms with Crippen molar-refractivity contribution in [2.24, 2.45) is 5.73 Å². The minimum absolute atomic E-state index is 0.787. The Morgan fingerprint density at radius 2 is 1.11 bits per heavy atom. The highest BCUT2D eigenvalue weighted by molar-refractivity contribution is 4.64. The van der Waals surface area contributed by atoms with Crippen molar-refractivity contribution in [2.45, 2.75) is 6.42 Å². The summed E-state index contributed by atoms with van der Waals surface area (Å²) in [6.07, 6.45) is 1.09. The van der Waals surface area contributed by atoms with E-state index in [1.54, 1.807) is 0 Å². The number of hydrogen-bond donors (Lipinski definition) is 1. The molecule has 5 nitrogen and oxygen atoms in total. The molecule has 0 aromatic heterocycles. The van der Waals surface area contributed by atoms with E-state index in [9.17, 15) is 0 Å². The molecule has 0 aliphatic rings. The molecule has 0 rings (SSSR count). The van der Waals surface area contributed by atoms with E-state index in [2.05, 4.69) is 54.8 Å². The van der Waals surface area contributed by atoms with Gasteiger partial charge in [0.15, 0.2) is 0 Å². The maximum atomic E-state index is 5.55. The topological polar surface area (TPSA) is 39.0 Å². The van der Waals surface area contributed by atoms with Crippen molar-refractivity contribution in [2.75, 3.05) is 87.6 Å². The second-order valence-electron chi connectivity index (χ2n) is 5.89. The van der Waals surface area contributed by atoms with Crippen LogP contribution in [0.15, 0.2) is 0 Å². The molecule has 0 bridgehead atoms. The summed E-state index contributed by atoms with van der Waals surface area (Å²) in [5, 5.41) is 0. The third kappa shape index (κ3) is 12.6. The van der Waals surface area contributed by atoms with Crippen LogP contribution in [0.4, 0.5) is 0 Å². The van der Waals surface area contributed by atoms with Crippen LogP contribution in [0.5, 0.6) is 0 Å². The van der Waals surface area contributed by atoms with Gasteiger partial charge in [0.1, 0.15) is 0 Å². The zero-order valence-corrected chi connectivity index (χ0v) is 13.7. The van der Waals surface area contributed by atoms with Crippen molar-refractivity contribution in [3.05, 3.63) is 0 Å². The highest BCUT2D eigenvalue weighted by Crippen LogP contribution is 1.94. The van der Waals surface area contributed by atoms with Gasteiger partial charge >= 0.3 is 0 Å². The summed E-state index contributed by atoms with van der Waals surface area (Å²) in [6.45, 7) is 8.70. The van der Waals surface area contributed by atoms with Gasteiger partial charge in [-0.25, -0.2) is 0 Å². The fraction of sp³-hybridized carbons (Fsp3) is 1.00. The van der Waals surface area contributed by atoms with Crippen LogP contribution in [0.25, 0.3) is 0 Å². The Labute approximate surface area is 120 Å². The second-order valence-corrected chi connectivity index (χ2v) is 5.89. The lowest BCUT2D eigenvalue weighted by atomic mass is 10.3. The summed E-state index contributed by atoms with van der Waals surface area (Å²) in [6, 6.07) is 0. The summed E-state index contributed by atoms with van der Waals surface area (Å²) < 4.78 is 0. The molecule has 2 N–H and O–H groups in total. The molecule has 5 heteroatoms. The number of hydrogen-bond acceptors (Lipinski definition) is 5. The van der Waals surface area contributed by atoms with Crippen molar-refractivity contribution in [3.63, 3.8) is 0 Å². The van der Waals surface area contributed by atoms with Crippen LogP contribution in [0.1, 0.15) is 6.42 Å². The second kappa shape index (κ2) is 11.6. The van der Waals surface area contributed by atoms with Crippen molar-refractivity contribution < 1.29 is 0 Å². The first-order valence-corrected chi connectivity index (χ1v) is 7.36. The Balaban J connectivity index is 3.95. The summed E-state index contributed by atoms with van der Waals surface area (Å²) in [5.74, 6) is 0. The minimum Gasteiger partial charge on any atom is -0.330 e. The predicted octanol–water partition coefficient (Wildman–Crippen LogP) is -0.308. The Hall–Kier alpha value is -0.200. The smallest absolute Gasteiger partial charge is 0.0110 e. The first-order chi connectivity index (χ1) is 8.95. The molecule has 116 valence electrons. The molecule has 0 aromatic carbocycles. The Morgan fingerprint density at radius 1 is 0.632 bits per heavy atom. The highest BCUT2D eigenvalue weighted by Gasteiger charge is 2.07. The van der Waals surface area contributed by atoms with E-state index in [1.807, 2.05) is 0 Å². The molecule has 0 saturated heterocycles. The van der Waals surface area contributed by atoms with Crippen molar-refractivity contribution in [1.82, 2.24) is 19.6 Å². The van der Waals surface area contributed by atoms with Gasteiger partial charge in [0.05, 0.1) is 0 Å². The SMILES string of the molecule is CN(C)CCN(CCN(C)C)CCN(C)CCCN. The van der Waals surface area contributed by atoms with Gasteiger partial charge in [0.2, 0.25) is 0 Å². The molecule has 0 atom stereocenters. The summed E-state index contributed by atoms with van der Waals surface area (Å²) in [5.41, 5.74) is 5.55. The van der Waals surface area contributed by atoms with Crippen LogP contribution in [0.3, 0.4) is 0 Å². The molecule has 0 amide bonds. The van der Waals surface area contributed by atoms with E-state index in [4.69, 9.17) is 5.73 Å². The van der Waals surface area contributed by atoms with Gasteiger partial charge in [-0.2, -0.15) is 0 Å². The van der Waals surface area contributed by atoms with Crippen molar-refractivity contribution in [1.29, 1.82) is 0 Å². The lowest BCUT2D eigenvalue weighted by Crippen LogP contribution is -2.40. The first-order valence-electron chi connectivity index (χ1n) is 7.36. The molecule has 0 aromatic rings. The number of nitrogens with zero attached hydrogens (tertiary/aromatic N) is 4. The zero-order valence-electron chi connectivity index (χ0n) is 13.7. The molecule has 0 aliphatic carbocycles. The average molecular weight is 273 g/mol. The summed E-state index contributed by atoms with van der Waals surface area (Å²) >= 11 is 0. The summed E-state index contributed by atoms with van der Waals surface area (Å²) in [4.78, 5) is 9.44. The lowest BCUT2D eigenvalue weighted by Gasteiger charge is -2.27. The quantitative estimate of drug-likeness (QED) is 0.528. The minimum atomic E-state index is 0.787. The largest absolute Gasteiger partial charge is 0.330 e. The van der Waals surface area contributed by atoms with Crippen LogP contribution in [-0.4, -0.2) is 107 Å². The maximum Gasteiger partial charge on any atom is 0.0110 e. The molecule has 0 radical (unpaired) electrons. The number of likely N-dealkylation sites (N-methyl/N-ethyl adjacent to an activating group) is 3. The molecule has 0 saturated carbocycles. The highest BCUT2D eigenvalue weighted by atomic mass is 15.2. The monoisotopic (exact) mass is 273 g/mol. The van der Waals surface area contributed by atoms with Crippen LogP contribution in [0, 0.1) is 0 Å². The average Bonchev–Trinajstić information content (AvgIpc) is 2.34. The van der Waals surface area contributed by atoms with Gasteiger partial charge in [-0.05, 0) is 54.7 Å². The van der Waals surface area contributed by atoms with Gasteiger partial charge < -0.3 is 20.4 Å². The van der Waals surface area contributed by atoms with E-state index in [0.29, 0.717) is 0 Å². The molecule has 19 heavy (non-hydrogen) atoms. The fourth-order valence-corrected chi connectivity index (χ4v) is 1.80. The van der Waals surface area contributed by atoms with Crippen molar-refractivity contribution in [3.8, 4) is 0 Å². The molecule has 0 heterocycles. The van der Waals surface area contributed by atoms with Crippen LogP contribution >= 0.6 is 0 Å². The van der Waals surface area contributed by atoms with Gasteiger partial charge in [-0.15, -0.1) is 0 Å². The zero-order chi connectivity index (χ0) is 14.7. The Morgan fingerprint density at radius 3 is 1.53 bits per heavy atom. The molecule has 0 unspecified atom stereocenters. The van der Waals surface area contributed by atoms with Crippen LogP contribution < -0.4 is 5.73 Å². The molecule has 0 aliphatic heterocycles. The third-order valence-electron chi connectivity index (χ3n) is 3.27. The molecule has 0 spiro atoms. The number of nitrogens with two attached hydrogens (primary N) is 1. The van der Waals surface area contributed by atoms with Gasteiger partial charge in [-0.1, -0.05) is 0 Å². The maximum absolute atomic E-state index is 5.55. The van der Waals surface area contributed by atoms with E-state index in [-0.39, 0.29) is 0 Å². The lowest BCUT2D eigenvalue weighted by molar-refractivity contribution is 0.192. The molecular weight excluding hydrogens is 238 g/mol. The predicted molar refractivity (Wildman–Crippen MR) is 84.7 cm³/mol. The van der Waals surface area contributed by atoms with Crippen molar-refractivity contribution >= 4 is 0 Å². The van der Waals surface area contributed by atoms with E-state index >= 15 is 0 Å². The number of rotatable bonds is 12. The van der Waals surface area contributed by atoms with Crippen LogP contribution in [-0.2, 0) is 0 Å². The Kier molecular flexibility index (Phi) is 11.5. The van der Waals surface area contributed by atoms with E-state index in [0.717, 1.165) is 58.8 Å². The Bertz CT molecular complexity index is 184. The van der Waals surface area contributed by atoms with Gasteiger partial charge in [0.25, 0.3) is 0 Å². The van der Waals surface area contributed by atoms with Gasteiger partial charge in [-0.3, -0.25) is 4.90 Å². The molecular formula is C14H35N5. The van der Waals surface area contributed by atoms with Crippen LogP contribution in [0.2, 0.25) is 0 Å². The standard InChI is InChI=1S/C14H35N5/c1-16(2)9-12-19(13-10-17(3)4)14-11-18(5)8-6-7-15/h6-15H2,1-5H3. The van der Waals surface area contributed by atoms with E-state index in [1.165, 1.54) is 0 Å². The van der Waals surface area contributed by atoms with E-state index < -0.39 is 0 Å². The van der Waals surface area contributed by atoms with Gasteiger partial charge in [0, 0.05) is 39.3 Å². The fourth-order valence-electron chi connectivity index (χ4n) is 1.80. The summed E-state index contributed by atoms with van der Waals surface area (Å²) in [7, 11) is 10.7. The third-order valence-corrected chi connectivity index (χ3v) is 3.27. The first kappa shape index (κ1) is 18.8. The molecule has 0 fully saturated rings. The normalized spacial score (nSPS) is 12.3.